The second kappa shape index (κ2) is 8.74. The summed E-state index contributed by atoms with van der Waals surface area (Å²) in [5.74, 6) is 1.45. The average Bonchev–Trinajstić information content (AvgIpc) is 2.73. The first kappa shape index (κ1) is 15.0. The lowest BCUT2D eigenvalue weighted by molar-refractivity contribution is 0.326. The lowest BCUT2D eigenvalue weighted by atomic mass is 10.1. The van der Waals surface area contributed by atoms with Crippen LogP contribution in [-0.4, -0.2) is 35.7 Å². The van der Waals surface area contributed by atoms with Gasteiger partial charge in [0.15, 0.2) is 0 Å². The van der Waals surface area contributed by atoms with Crippen LogP contribution in [0.1, 0.15) is 45.4 Å². The van der Waals surface area contributed by atoms with Crippen molar-refractivity contribution in [3.8, 4) is 5.88 Å². The Morgan fingerprint density at radius 2 is 1.95 bits per heavy atom. The van der Waals surface area contributed by atoms with Gasteiger partial charge in [0.05, 0.1) is 6.61 Å². The van der Waals surface area contributed by atoms with Gasteiger partial charge < -0.3 is 15.4 Å². The number of ether oxygens (including phenoxy) is 1. The van der Waals surface area contributed by atoms with Crippen LogP contribution in [-0.2, 0) is 0 Å². The number of nitrogens with zero attached hydrogens (tertiary/aromatic N) is 2. The number of hydrogen-bond donors (Lipinski definition) is 2. The Labute approximate surface area is 121 Å². The standard InChI is InChI=1S/C15H26N4O/c1-2-20-15-11-14(18-12-19-15)17-10-9-16-13-7-5-3-4-6-8-13/h11-13,16H,2-10H2,1H3,(H,17,18,19). The Balaban J connectivity index is 1.66. The van der Waals surface area contributed by atoms with Crippen LogP contribution in [0.15, 0.2) is 12.4 Å². The largest absolute Gasteiger partial charge is 0.478 e. The summed E-state index contributed by atoms with van der Waals surface area (Å²) in [7, 11) is 0. The van der Waals surface area contributed by atoms with Crippen molar-refractivity contribution in [1.29, 1.82) is 0 Å². The molecule has 1 fully saturated rings. The van der Waals surface area contributed by atoms with Crippen LogP contribution >= 0.6 is 0 Å². The van der Waals surface area contributed by atoms with Gasteiger partial charge in [0, 0.05) is 25.2 Å². The third kappa shape index (κ3) is 5.33. The van der Waals surface area contributed by atoms with Crippen molar-refractivity contribution >= 4 is 5.82 Å². The molecule has 0 amide bonds. The minimum absolute atomic E-state index is 0.625. The predicted molar refractivity (Wildman–Crippen MR) is 81.2 cm³/mol. The summed E-state index contributed by atoms with van der Waals surface area (Å²) in [5, 5.41) is 6.94. The smallest absolute Gasteiger partial charge is 0.218 e. The van der Waals surface area contributed by atoms with Crippen molar-refractivity contribution in [1.82, 2.24) is 15.3 Å². The maximum atomic E-state index is 5.36. The maximum Gasteiger partial charge on any atom is 0.218 e. The highest BCUT2D eigenvalue weighted by Gasteiger charge is 2.10. The highest BCUT2D eigenvalue weighted by atomic mass is 16.5. The summed E-state index contributed by atoms with van der Waals surface area (Å²) in [4.78, 5) is 8.24. The summed E-state index contributed by atoms with van der Waals surface area (Å²) < 4.78 is 5.36. The normalized spacial score (nSPS) is 16.6. The molecule has 5 heteroatoms. The highest BCUT2D eigenvalue weighted by molar-refractivity contribution is 5.36. The molecule has 1 aliphatic rings. The molecule has 0 saturated heterocycles. The number of hydrogen-bond acceptors (Lipinski definition) is 5. The SMILES string of the molecule is CCOc1cc(NCCNC2CCCCCC2)ncn1. The van der Waals surface area contributed by atoms with Gasteiger partial charge in [-0.25, -0.2) is 9.97 Å². The average molecular weight is 278 g/mol. The third-order valence-corrected chi connectivity index (χ3v) is 3.65. The van der Waals surface area contributed by atoms with E-state index < -0.39 is 0 Å². The van der Waals surface area contributed by atoms with E-state index in [-0.39, 0.29) is 0 Å². The van der Waals surface area contributed by atoms with E-state index in [0.29, 0.717) is 18.5 Å². The molecule has 1 aliphatic carbocycles. The minimum atomic E-state index is 0.625. The van der Waals surface area contributed by atoms with E-state index in [1.54, 1.807) is 0 Å². The lowest BCUT2D eigenvalue weighted by Gasteiger charge is -2.16. The lowest BCUT2D eigenvalue weighted by Crippen LogP contribution is -2.32. The molecule has 2 rings (SSSR count). The first-order valence-electron chi connectivity index (χ1n) is 7.80. The molecule has 1 heterocycles. The van der Waals surface area contributed by atoms with Crippen LogP contribution in [0.4, 0.5) is 5.82 Å². The van der Waals surface area contributed by atoms with Crippen LogP contribution in [0, 0.1) is 0 Å². The Morgan fingerprint density at radius 3 is 2.70 bits per heavy atom. The molecule has 20 heavy (non-hydrogen) atoms. The van der Waals surface area contributed by atoms with Crippen molar-refractivity contribution in [3.05, 3.63) is 12.4 Å². The number of anilines is 1. The van der Waals surface area contributed by atoms with Crippen molar-refractivity contribution in [2.45, 2.75) is 51.5 Å². The fourth-order valence-corrected chi connectivity index (χ4v) is 2.61. The first-order chi connectivity index (χ1) is 9.88. The number of aromatic nitrogens is 2. The monoisotopic (exact) mass is 278 g/mol. The van der Waals surface area contributed by atoms with Crippen molar-refractivity contribution in [3.63, 3.8) is 0 Å². The van der Waals surface area contributed by atoms with Gasteiger partial charge in [-0.1, -0.05) is 25.7 Å². The summed E-state index contributed by atoms with van der Waals surface area (Å²) in [5.41, 5.74) is 0. The quantitative estimate of drug-likeness (QED) is 0.593. The summed E-state index contributed by atoms with van der Waals surface area (Å²) in [6.07, 6.45) is 9.72. The van der Waals surface area contributed by atoms with Gasteiger partial charge in [-0.05, 0) is 19.8 Å². The second-order valence-corrected chi connectivity index (χ2v) is 5.24. The predicted octanol–water partition coefficient (Wildman–Crippen LogP) is 2.60. The molecule has 2 N–H and O–H groups in total. The van der Waals surface area contributed by atoms with E-state index in [1.807, 2.05) is 13.0 Å². The van der Waals surface area contributed by atoms with E-state index in [9.17, 15) is 0 Å². The van der Waals surface area contributed by atoms with E-state index in [0.717, 1.165) is 18.9 Å². The topological polar surface area (TPSA) is 59.1 Å². The zero-order valence-electron chi connectivity index (χ0n) is 12.4. The molecule has 0 unspecified atom stereocenters. The fraction of sp³-hybridized carbons (Fsp3) is 0.733. The second-order valence-electron chi connectivity index (χ2n) is 5.24. The van der Waals surface area contributed by atoms with Gasteiger partial charge in [0.25, 0.3) is 0 Å². The van der Waals surface area contributed by atoms with E-state index in [2.05, 4.69) is 20.6 Å². The van der Waals surface area contributed by atoms with Gasteiger partial charge >= 0.3 is 0 Å². The Hall–Kier alpha value is -1.36. The summed E-state index contributed by atoms with van der Waals surface area (Å²) >= 11 is 0. The van der Waals surface area contributed by atoms with Crippen LogP contribution < -0.4 is 15.4 Å². The number of rotatable bonds is 7. The molecule has 1 saturated carbocycles. The molecule has 1 aromatic rings. The molecule has 0 atom stereocenters. The van der Waals surface area contributed by atoms with Crippen molar-refractivity contribution < 1.29 is 4.74 Å². The third-order valence-electron chi connectivity index (χ3n) is 3.65. The molecular formula is C15H26N4O. The molecule has 0 bridgehead atoms. The summed E-state index contributed by atoms with van der Waals surface area (Å²) in [6, 6.07) is 2.54. The van der Waals surface area contributed by atoms with Gasteiger partial charge in [-0.15, -0.1) is 0 Å². The molecule has 0 spiro atoms. The van der Waals surface area contributed by atoms with Crippen LogP contribution in [0.25, 0.3) is 0 Å². The van der Waals surface area contributed by atoms with Crippen LogP contribution in [0.5, 0.6) is 5.88 Å². The minimum Gasteiger partial charge on any atom is -0.478 e. The maximum absolute atomic E-state index is 5.36. The summed E-state index contributed by atoms with van der Waals surface area (Å²) in [6.45, 7) is 4.42. The number of nitrogens with one attached hydrogen (secondary N) is 2. The molecule has 5 nitrogen and oxygen atoms in total. The molecule has 112 valence electrons. The van der Waals surface area contributed by atoms with Crippen LogP contribution in [0.2, 0.25) is 0 Å². The van der Waals surface area contributed by atoms with Gasteiger partial charge in [0.2, 0.25) is 5.88 Å². The molecular weight excluding hydrogens is 252 g/mol. The van der Waals surface area contributed by atoms with Crippen molar-refractivity contribution in [2.75, 3.05) is 25.0 Å². The highest BCUT2D eigenvalue weighted by Crippen LogP contribution is 2.17. The zero-order chi connectivity index (χ0) is 14.0. The molecule has 0 aromatic carbocycles. The Kier molecular flexibility index (Phi) is 6.57. The van der Waals surface area contributed by atoms with E-state index in [4.69, 9.17) is 4.74 Å². The Morgan fingerprint density at radius 1 is 1.15 bits per heavy atom. The van der Waals surface area contributed by atoms with E-state index in [1.165, 1.54) is 44.9 Å². The molecule has 0 aliphatic heterocycles. The van der Waals surface area contributed by atoms with E-state index >= 15 is 0 Å². The molecule has 0 radical (unpaired) electrons. The fourth-order valence-electron chi connectivity index (χ4n) is 2.61. The first-order valence-corrected chi connectivity index (χ1v) is 7.80. The zero-order valence-corrected chi connectivity index (χ0v) is 12.4. The molecule has 1 aromatic heterocycles. The van der Waals surface area contributed by atoms with Gasteiger partial charge in [0.1, 0.15) is 12.1 Å². The van der Waals surface area contributed by atoms with Gasteiger partial charge in [-0.3, -0.25) is 0 Å². The van der Waals surface area contributed by atoms with Crippen molar-refractivity contribution in [2.24, 2.45) is 0 Å². The van der Waals surface area contributed by atoms with Gasteiger partial charge in [-0.2, -0.15) is 0 Å². The Bertz CT molecular complexity index is 378. The van der Waals surface area contributed by atoms with Crippen LogP contribution in [0.3, 0.4) is 0 Å².